The number of aromatic nitrogens is 2. The van der Waals surface area contributed by atoms with E-state index in [4.69, 9.17) is 19.1 Å². The number of hydrogen-bond donors (Lipinski definition) is 0. The first-order chi connectivity index (χ1) is 28.2. The van der Waals surface area contributed by atoms with Gasteiger partial charge in [0.1, 0.15) is 22.7 Å². The Morgan fingerprint density at radius 2 is 1.12 bits per heavy atom. The van der Waals surface area contributed by atoms with Gasteiger partial charge in [-0.25, -0.2) is 9.97 Å². The largest absolute Gasteiger partial charge is 0.457 e. The number of fused-ring (bicyclic) bond motifs is 12. The molecule has 12 rings (SSSR count). The Labute approximate surface area is 330 Å². The Balaban J connectivity index is 0.949. The van der Waals surface area contributed by atoms with Crippen molar-refractivity contribution in [3.8, 4) is 56.4 Å². The van der Waals surface area contributed by atoms with Gasteiger partial charge < -0.3 is 9.15 Å². The minimum atomic E-state index is -0.472. The smallest absolute Gasteiger partial charge is 0.160 e. The Morgan fingerprint density at radius 1 is 0.474 bits per heavy atom. The fourth-order valence-electron chi connectivity index (χ4n) is 9.44. The molecule has 0 saturated carbocycles. The number of para-hydroxylation sites is 2. The topological polar surface area (TPSA) is 48.2 Å². The molecule has 0 fully saturated rings. The van der Waals surface area contributed by atoms with E-state index in [-0.39, 0.29) is 0 Å². The zero-order chi connectivity index (χ0) is 37.5. The molecule has 4 nitrogen and oxygen atoms in total. The van der Waals surface area contributed by atoms with Crippen molar-refractivity contribution in [2.75, 3.05) is 0 Å². The Bertz CT molecular complexity index is 3120. The molecule has 0 radical (unpaired) electrons. The van der Waals surface area contributed by atoms with Crippen molar-refractivity contribution in [3.63, 3.8) is 0 Å². The second kappa shape index (κ2) is 12.4. The summed E-state index contributed by atoms with van der Waals surface area (Å²) in [4.78, 5) is 10.3. The number of allylic oxidation sites excluding steroid dienone is 4. The van der Waals surface area contributed by atoms with Gasteiger partial charge in [-0.1, -0.05) is 146 Å². The molecule has 3 aliphatic rings. The van der Waals surface area contributed by atoms with Crippen LogP contribution in [0.25, 0.3) is 72.4 Å². The predicted octanol–water partition coefficient (Wildman–Crippen LogP) is 13.6. The van der Waals surface area contributed by atoms with Crippen LogP contribution in [0.4, 0.5) is 0 Å². The van der Waals surface area contributed by atoms with Crippen LogP contribution in [0, 0.1) is 0 Å². The maximum absolute atomic E-state index is 6.79. The van der Waals surface area contributed by atoms with Crippen molar-refractivity contribution in [2.24, 2.45) is 0 Å². The van der Waals surface area contributed by atoms with Crippen LogP contribution in [0.5, 0.6) is 11.5 Å². The summed E-state index contributed by atoms with van der Waals surface area (Å²) in [5, 5.41) is 2.20. The van der Waals surface area contributed by atoms with E-state index in [1.165, 1.54) is 33.4 Å². The lowest BCUT2D eigenvalue weighted by molar-refractivity contribution is 0.436. The Hall–Kier alpha value is -7.30. The third-order valence-electron chi connectivity index (χ3n) is 12.1. The van der Waals surface area contributed by atoms with Crippen molar-refractivity contribution in [1.82, 2.24) is 9.97 Å². The summed E-state index contributed by atoms with van der Waals surface area (Å²) in [6.45, 7) is 0. The highest BCUT2D eigenvalue weighted by molar-refractivity contribution is 6.05. The summed E-state index contributed by atoms with van der Waals surface area (Å²) >= 11 is 0. The van der Waals surface area contributed by atoms with E-state index in [1.807, 2.05) is 18.2 Å². The van der Waals surface area contributed by atoms with Crippen molar-refractivity contribution in [1.29, 1.82) is 0 Å². The van der Waals surface area contributed by atoms with Gasteiger partial charge in [0.2, 0.25) is 0 Å². The van der Waals surface area contributed by atoms with E-state index in [1.54, 1.807) is 0 Å². The van der Waals surface area contributed by atoms with Crippen LogP contribution in [0.2, 0.25) is 0 Å². The molecular weight excluding hydrogens is 697 g/mol. The highest BCUT2D eigenvalue weighted by Crippen LogP contribution is 2.62. The van der Waals surface area contributed by atoms with Gasteiger partial charge in [-0.15, -0.1) is 0 Å². The normalized spacial score (nSPS) is 14.5. The zero-order valence-electron chi connectivity index (χ0n) is 30.9. The fraction of sp³-hybridized carbons (Fsp3) is 0.0566. The third kappa shape index (κ3) is 4.80. The molecule has 0 atom stereocenters. The third-order valence-corrected chi connectivity index (χ3v) is 12.1. The number of rotatable bonds is 4. The maximum Gasteiger partial charge on any atom is 0.160 e. The van der Waals surface area contributed by atoms with Crippen molar-refractivity contribution < 1.29 is 9.15 Å². The van der Waals surface area contributed by atoms with E-state index in [9.17, 15) is 0 Å². The van der Waals surface area contributed by atoms with E-state index in [2.05, 4.69) is 164 Å². The van der Waals surface area contributed by atoms with Gasteiger partial charge in [0.05, 0.1) is 16.8 Å². The van der Waals surface area contributed by atoms with E-state index in [0.717, 1.165) is 85.5 Å². The van der Waals surface area contributed by atoms with E-state index < -0.39 is 5.41 Å². The molecule has 3 heterocycles. The van der Waals surface area contributed by atoms with Crippen LogP contribution in [-0.4, -0.2) is 9.97 Å². The fourth-order valence-corrected chi connectivity index (χ4v) is 9.44. The Morgan fingerprint density at radius 3 is 1.93 bits per heavy atom. The molecule has 0 saturated heterocycles. The predicted molar refractivity (Wildman–Crippen MR) is 229 cm³/mol. The summed E-state index contributed by atoms with van der Waals surface area (Å²) in [6, 6.07) is 58.2. The molecule has 268 valence electrons. The van der Waals surface area contributed by atoms with Crippen molar-refractivity contribution in [3.05, 3.63) is 210 Å². The standard InChI is InChI=1S/C53H34N2O2/c1-2-12-34(13-3-1)46-32-47(55-52(54-46)37-26-28-41-40-16-6-10-20-48(40)56-50(41)31-37)35-24-22-33(23-25-35)36-27-29-45-51(30-36)57-49-21-11-9-19-44(49)53(45)42-17-7-4-14-38(42)39-15-5-8-18-43(39)53/h1-2,4-12,14-32H,3,13H2. The van der Waals surface area contributed by atoms with Gasteiger partial charge >= 0.3 is 0 Å². The zero-order valence-corrected chi connectivity index (χ0v) is 30.9. The molecule has 2 aliphatic carbocycles. The van der Waals surface area contributed by atoms with Gasteiger partial charge in [0, 0.05) is 33.0 Å². The molecule has 0 N–H and O–H groups in total. The monoisotopic (exact) mass is 730 g/mol. The average Bonchev–Trinajstić information content (AvgIpc) is 3.80. The second-order valence-electron chi connectivity index (χ2n) is 15.2. The lowest BCUT2D eigenvalue weighted by Gasteiger charge is -2.39. The molecule has 9 aromatic rings. The van der Waals surface area contributed by atoms with E-state index in [0.29, 0.717) is 5.82 Å². The number of nitrogens with zero attached hydrogens (tertiary/aromatic N) is 2. The van der Waals surface area contributed by atoms with Crippen LogP contribution in [0.15, 0.2) is 186 Å². The van der Waals surface area contributed by atoms with Crippen molar-refractivity contribution >= 4 is 27.5 Å². The summed E-state index contributed by atoms with van der Waals surface area (Å²) < 4.78 is 13.0. The molecule has 57 heavy (non-hydrogen) atoms. The molecule has 0 unspecified atom stereocenters. The van der Waals surface area contributed by atoms with Gasteiger partial charge in [0.15, 0.2) is 5.82 Å². The first-order valence-electron chi connectivity index (χ1n) is 19.6. The summed E-state index contributed by atoms with van der Waals surface area (Å²) in [7, 11) is 0. The van der Waals surface area contributed by atoms with Gasteiger partial charge in [-0.3, -0.25) is 0 Å². The maximum atomic E-state index is 6.79. The quantitative estimate of drug-likeness (QED) is 0.181. The summed E-state index contributed by atoms with van der Waals surface area (Å²) in [5.74, 6) is 2.45. The molecule has 1 aliphatic heterocycles. The number of benzene rings is 7. The van der Waals surface area contributed by atoms with Crippen LogP contribution in [0.3, 0.4) is 0 Å². The Kier molecular flexibility index (Phi) is 6.93. The first kappa shape index (κ1) is 32.0. The van der Waals surface area contributed by atoms with E-state index >= 15 is 0 Å². The first-order valence-corrected chi connectivity index (χ1v) is 19.6. The van der Waals surface area contributed by atoms with Crippen molar-refractivity contribution in [2.45, 2.75) is 18.3 Å². The lowest BCUT2D eigenvalue weighted by Crippen LogP contribution is -2.32. The van der Waals surface area contributed by atoms with Gasteiger partial charge in [-0.05, 0) is 88.2 Å². The number of ether oxygens (including phenoxy) is 1. The van der Waals surface area contributed by atoms with Crippen LogP contribution in [-0.2, 0) is 5.41 Å². The van der Waals surface area contributed by atoms with Crippen LogP contribution in [0.1, 0.15) is 40.8 Å². The SMILES string of the molecule is C1=CCCC(c2cc(-c3ccc(-c4ccc5c(c4)Oc4ccccc4C54c5ccccc5-c5ccccc54)cc3)nc(-c3ccc4c(c3)oc3ccccc34)n2)=C1. The highest BCUT2D eigenvalue weighted by Gasteiger charge is 2.50. The molecular formula is C53H34N2O2. The van der Waals surface area contributed by atoms with Crippen LogP contribution < -0.4 is 4.74 Å². The molecule has 0 bridgehead atoms. The molecule has 4 heteroatoms. The molecule has 0 amide bonds. The minimum Gasteiger partial charge on any atom is -0.457 e. The number of hydrogen-bond acceptors (Lipinski definition) is 4. The summed E-state index contributed by atoms with van der Waals surface area (Å²) in [6.07, 6.45) is 8.45. The molecule has 1 spiro atoms. The average molecular weight is 731 g/mol. The second-order valence-corrected chi connectivity index (χ2v) is 15.2. The molecule has 7 aromatic carbocycles. The van der Waals surface area contributed by atoms with Gasteiger partial charge in [0.25, 0.3) is 0 Å². The highest BCUT2D eigenvalue weighted by atomic mass is 16.5. The minimum absolute atomic E-state index is 0.472. The van der Waals surface area contributed by atoms with Gasteiger partial charge in [-0.2, -0.15) is 0 Å². The lowest BCUT2D eigenvalue weighted by atomic mass is 9.66. The van der Waals surface area contributed by atoms with Crippen LogP contribution >= 0.6 is 0 Å². The summed E-state index contributed by atoms with van der Waals surface area (Å²) in [5.41, 5.74) is 15.9. The molecule has 2 aromatic heterocycles. The number of furan rings is 1.